The van der Waals surface area contributed by atoms with Crippen LogP contribution in [0.3, 0.4) is 0 Å². The van der Waals surface area contributed by atoms with Crippen LogP contribution in [-0.2, 0) is 31.0 Å². The number of esters is 1. The Balaban J connectivity index is 2.00. The molecular weight excluding hydrogens is 382 g/mol. The van der Waals surface area contributed by atoms with E-state index in [0.717, 1.165) is 0 Å². The molecule has 28 heavy (non-hydrogen) atoms. The zero-order chi connectivity index (χ0) is 20.7. The lowest BCUT2D eigenvalue weighted by atomic mass is 10.1. The van der Waals surface area contributed by atoms with Gasteiger partial charge in [-0.05, 0) is 37.3 Å². The first-order valence-electron chi connectivity index (χ1n) is 8.27. The van der Waals surface area contributed by atoms with Crippen LogP contribution in [0.15, 0.2) is 53.4 Å². The number of carbonyl (C=O) groups excluding carboxylic acids is 2. The van der Waals surface area contributed by atoms with Crippen molar-refractivity contribution in [2.24, 2.45) is 0 Å². The van der Waals surface area contributed by atoms with Crippen molar-refractivity contribution >= 4 is 27.6 Å². The van der Waals surface area contributed by atoms with Crippen molar-refractivity contribution < 1.29 is 22.7 Å². The second kappa shape index (κ2) is 9.12. The number of nitriles is 1. The monoisotopic (exact) mass is 401 g/mol. The minimum atomic E-state index is -3.96. The topological polar surface area (TPSA) is 125 Å². The molecule has 2 aromatic rings. The molecule has 1 amide bonds. The van der Waals surface area contributed by atoms with Gasteiger partial charge in [-0.25, -0.2) is 8.42 Å². The highest BCUT2D eigenvalue weighted by atomic mass is 32.2. The van der Waals surface area contributed by atoms with Gasteiger partial charge in [0.2, 0.25) is 15.9 Å². The first-order valence-corrected chi connectivity index (χ1v) is 9.76. The van der Waals surface area contributed by atoms with Gasteiger partial charge < -0.3 is 10.1 Å². The summed E-state index contributed by atoms with van der Waals surface area (Å²) in [5.41, 5.74) is 1.36. The largest absolute Gasteiger partial charge is 0.460 e. The van der Waals surface area contributed by atoms with Crippen molar-refractivity contribution in [3.63, 3.8) is 0 Å². The average Bonchev–Trinajstić information content (AvgIpc) is 2.65. The summed E-state index contributed by atoms with van der Waals surface area (Å²) in [7, 11) is -3.96. The molecule has 0 saturated carbocycles. The molecule has 0 saturated heterocycles. The highest BCUT2D eigenvalue weighted by Crippen LogP contribution is 2.15. The predicted molar refractivity (Wildman–Crippen MR) is 101 cm³/mol. The minimum Gasteiger partial charge on any atom is -0.460 e. The van der Waals surface area contributed by atoms with Crippen molar-refractivity contribution in [1.29, 1.82) is 5.26 Å². The van der Waals surface area contributed by atoms with Gasteiger partial charge in [-0.2, -0.15) is 9.98 Å². The molecule has 146 valence electrons. The summed E-state index contributed by atoms with van der Waals surface area (Å²) in [6.45, 7) is 2.57. The van der Waals surface area contributed by atoms with Gasteiger partial charge in [-0.15, -0.1) is 0 Å². The van der Waals surface area contributed by atoms with E-state index in [-0.39, 0.29) is 17.4 Å². The van der Waals surface area contributed by atoms with Crippen LogP contribution in [-0.4, -0.2) is 26.3 Å². The molecule has 0 fully saturated rings. The van der Waals surface area contributed by atoms with Gasteiger partial charge in [0, 0.05) is 18.2 Å². The molecule has 2 aromatic carbocycles. The Morgan fingerprint density at radius 2 is 1.79 bits per heavy atom. The number of ether oxygens (including phenoxy) is 1. The third-order valence-electron chi connectivity index (χ3n) is 3.68. The zero-order valence-electron chi connectivity index (χ0n) is 15.3. The average molecular weight is 401 g/mol. The fourth-order valence-electron chi connectivity index (χ4n) is 2.30. The van der Waals surface area contributed by atoms with E-state index in [0.29, 0.717) is 16.8 Å². The van der Waals surface area contributed by atoms with E-state index in [1.54, 1.807) is 24.3 Å². The molecule has 2 rings (SSSR count). The summed E-state index contributed by atoms with van der Waals surface area (Å²) >= 11 is 0. The molecule has 0 aliphatic heterocycles. The molecule has 0 bridgehead atoms. The quantitative estimate of drug-likeness (QED) is 0.683. The van der Waals surface area contributed by atoms with Crippen molar-refractivity contribution in [1.82, 2.24) is 4.72 Å². The molecule has 2 N–H and O–H groups in total. The van der Waals surface area contributed by atoms with Crippen molar-refractivity contribution in [2.75, 3.05) is 5.32 Å². The van der Waals surface area contributed by atoms with Crippen LogP contribution in [0.5, 0.6) is 0 Å². The molecule has 0 aliphatic carbocycles. The summed E-state index contributed by atoms with van der Waals surface area (Å²) < 4.78 is 32.2. The minimum absolute atomic E-state index is 0.0592. The number of nitrogens with one attached hydrogen (secondary N) is 2. The lowest BCUT2D eigenvalue weighted by molar-refractivity contribution is -0.146. The smallest absolute Gasteiger partial charge is 0.324 e. The standard InChI is InChI=1S/C19H19N3O5S/c1-13(19(24)27-12-16-6-4-3-5-15(16)11-20)22-28(25,26)18-9-7-17(8-10-18)21-14(2)23/h3-10,13,22H,12H2,1-2H3,(H,21,23)/t13-/m0/s1. The Morgan fingerprint density at radius 3 is 2.39 bits per heavy atom. The fraction of sp³-hybridized carbons (Fsp3) is 0.211. The van der Waals surface area contributed by atoms with Crippen molar-refractivity contribution in [2.45, 2.75) is 31.4 Å². The van der Waals surface area contributed by atoms with E-state index >= 15 is 0 Å². The number of hydrogen-bond donors (Lipinski definition) is 2. The number of nitrogens with zero attached hydrogens (tertiary/aromatic N) is 1. The van der Waals surface area contributed by atoms with Crippen LogP contribution in [0, 0.1) is 11.3 Å². The predicted octanol–water partition coefficient (Wildman–Crippen LogP) is 1.93. The lowest BCUT2D eigenvalue weighted by Gasteiger charge is -2.14. The highest BCUT2D eigenvalue weighted by Gasteiger charge is 2.23. The molecular formula is C19H19N3O5S. The number of benzene rings is 2. The van der Waals surface area contributed by atoms with E-state index in [9.17, 15) is 18.0 Å². The van der Waals surface area contributed by atoms with E-state index in [2.05, 4.69) is 10.0 Å². The fourth-order valence-corrected chi connectivity index (χ4v) is 3.49. The van der Waals surface area contributed by atoms with Gasteiger partial charge >= 0.3 is 5.97 Å². The summed E-state index contributed by atoms with van der Waals surface area (Å²) in [6, 6.07) is 13.0. The van der Waals surface area contributed by atoms with Gasteiger partial charge in [-0.1, -0.05) is 18.2 Å². The lowest BCUT2D eigenvalue weighted by Crippen LogP contribution is -2.39. The maximum absolute atomic E-state index is 12.4. The zero-order valence-corrected chi connectivity index (χ0v) is 16.1. The first kappa shape index (κ1) is 21.1. The molecule has 8 nitrogen and oxygen atoms in total. The Kier molecular flexibility index (Phi) is 6.87. The van der Waals surface area contributed by atoms with Crippen LogP contribution in [0.25, 0.3) is 0 Å². The molecule has 0 aliphatic rings. The summed E-state index contributed by atoms with van der Waals surface area (Å²) in [4.78, 5) is 23.1. The molecule has 1 atom stereocenters. The maximum Gasteiger partial charge on any atom is 0.324 e. The van der Waals surface area contributed by atoms with E-state index in [4.69, 9.17) is 10.00 Å². The van der Waals surface area contributed by atoms with Gasteiger partial charge in [0.25, 0.3) is 0 Å². The normalized spacial score (nSPS) is 11.9. The number of amides is 1. The van der Waals surface area contributed by atoms with E-state index in [1.807, 2.05) is 6.07 Å². The van der Waals surface area contributed by atoms with Gasteiger partial charge in [0.15, 0.2) is 0 Å². The molecule has 0 aromatic heterocycles. The third-order valence-corrected chi connectivity index (χ3v) is 5.23. The molecule has 0 radical (unpaired) electrons. The molecule has 9 heteroatoms. The Labute approximate surface area is 163 Å². The van der Waals surface area contributed by atoms with Crippen molar-refractivity contribution in [3.05, 3.63) is 59.7 Å². The Bertz CT molecular complexity index is 1010. The van der Waals surface area contributed by atoms with Crippen LogP contribution < -0.4 is 10.0 Å². The number of carbonyl (C=O) groups is 2. The maximum atomic E-state index is 12.4. The number of sulfonamides is 1. The molecule has 0 spiro atoms. The molecule has 0 unspecified atom stereocenters. The van der Waals surface area contributed by atoms with Crippen molar-refractivity contribution in [3.8, 4) is 6.07 Å². The number of hydrogen-bond acceptors (Lipinski definition) is 6. The van der Waals surface area contributed by atoms with Crippen LogP contribution in [0.2, 0.25) is 0 Å². The van der Waals surface area contributed by atoms with Crippen LogP contribution >= 0.6 is 0 Å². The van der Waals surface area contributed by atoms with Crippen LogP contribution in [0.4, 0.5) is 5.69 Å². The number of anilines is 1. The van der Waals surface area contributed by atoms with Crippen LogP contribution in [0.1, 0.15) is 25.0 Å². The SMILES string of the molecule is CC(=O)Nc1ccc(S(=O)(=O)N[C@@H](C)C(=O)OCc2ccccc2C#N)cc1. The second-order valence-corrected chi connectivity index (χ2v) is 7.64. The second-order valence-electron chi connectivity index (χ2n) is 5.93. The van der Waals surface area contributed by atoms with E-state index < -0.39 is 22.0 Å². The Hall–Kier alpha value is -3.22. The third kappa shape index (κ3) is 5.64. The van der Waals surface area contributed by atoms with E-state index in [1.165, 1.54) is 38.1 Å². The van der Waals surface area contributed by atoms with Gasteiger partial charge in [0.1, 0.15) is 12.6 Å². The summed E-state index contributed by atoms with van der Waals surface area (Å²) in [5, 5.41) is 11.6. The summed E-state index contributed by atoms with van der Waals surface area (Å²) in [5.74, 6) is -1.05. The first-order chi connectivity index (χ1) is 13.2. The Morgan fingerprint density at radius 1 is 1.14 bits per heavy atom. The molecule has 0 heterocycles. The van der Waals surface area contributed by atoms with Gasteiger partial charge in [0.05, 0.1) is 16.5 Å². The summed E-state index contributed by atoms with van der Waals surface area (Å²) in [6.07, 6.45) is 0. The number of rotatable bonds is 7. The highest BCUT2D eigenvalue weighted by molar-refractivity contribution is 7.89. The van der Waals surface area contributed by atoms with Gasteiger partial charge in [-0.3, -0.25) is 9.59 Å².